The van der Waals surface area contributed by atoms with Crippen molar-refractivity contribution in [1.29, 1.82) is 0 Å². The van der Waals surface area contributed by atoms with E-state index in [-0.39, 0.29) is 0 Å². The summed E-state index contributed by atoms with van der Waals surface area (Å²) in [6.07, 6.45) is 6.58. The zero-order chi connectivity index (χ0) is 20.7. The molecule has 156 valence electrons. The number of halogens is 2. The maximum Gasteiger partial charge on any atom is 0.139 e. The number of benzene rings is 2. The van der Waals surface area contributed by atoms with Crippen LogP contribution in [0.2, 0.25) is 10.0 Å². The van der Waals surface area contributed by atoms with Crippen LogP contribution in [-0.4, -0.2) is 27.5 Å². The van der Waals surface area contributed by atoms with Crippen LogP contribution in [0.4, 0.5) is 0 Å². The maximum absolute atomic E-state index is 6.56. The van der Waals surface area contributed by atoms with Gasteiger partial charge in [0.05, 0.1) is 22.5 Å². The van der Waals surface area contributed by atoms with E-state index in [1.165, 1.54) is 28.9 Å². The second-order valence-electron chi connectivity index (χ2n) is 8.49. The van der Waals surface area contributed by atoms with Gasteiger partial charge < -0.3 is 4.98 Å². The number of nitrogens with zero attached hydrogens (tertiary/aromatic N) is 2. The number of hydrogen-bond donors (Lipinski definition) is 1. The second-order valence-corrected chi connectivity index (χ2v) is 9.31. The number of aromatic amines is 1. The minimum Gasteiger partial charge on any atom is -0.340 e. The second kappa shape index (κ2) is 8.37. The molecule has 0 fully saturated rings. The highest BCUT2D eigenvalue weighted by molar-refractivity contribution is 6.33. The van der Waals surface area contributed by atoms with Crippen molar-refractivity contribution in [2.45, 2.75) is 57.5 Å². The first kappa shape index (κ1) is 20.1. The van der Waals surface area contributed by atoms with Gasteiger partial charge in [-0.05, 0) is 55.0 Å². The molecule has 3 aromatic rings. The van der Waals surface area contributed by atoms with Gasteiger partial charge in [0, 0.05) is 29.6 Å². The average molecular weight is 440 g/mol. The highest BCUT2D eigenvalue weighted by Crippen LogP contribution is 2.39. The van der Waals surface area contributed by atoms with E-state index in [9.17, 15) is 0 Å². The normalized spacial score (nSPS) is 21.3. The number of H-pyrrole nitrogens is 1. The molecule has 1 aliphatic heterocycles. The number of fused-ring (bicyclic) bond motifs is 2. The first-order chi connectivity index (χ1) is 14.7. The first-order valence-corrected chi connectivity index (χ1v) is 11.8. The van der Waals surface area contributed by atoms with Crippen molar-refractivity contribution in [3.05, 3.63) is 75.0 Å². The van der Waals surface area contributed by atoms with Crippen LogP contribution in [0.3, 0.4) is 0 Å². The molecule has 1 aromatic heterocycles. The van der Waals surface area contributed by atoms with E-state index >= 15 is 0 Å². The molecule has 30 heavy (non-hydrogen) atoms. The van der Waals surface area contributed by atoms with Crippen molar-refractivity contribution in [1.82, 2.24) is 14.9 Å². The van der Waals surface area contributed by atoms with Crippen molar-refractivity contribution in [2.75, 3.05) is 6.54 Å². The molecule has 0 amide bonds. The third-order valence-corrected chi connectivity index (χ3v) is 7.40. The lowest BCUT2D eigenvalue weighted by atomic mass is 9.85. The van der Waals surface area contributed by atoms with Crippen LogP contribution in [0.5, 0.6) is 0 Å². The molecule has 1 aliphatic carbocycles. The Labute approximate surface area is 188 Å². The molecule has 2 atom stereocenters. The van der Waals surface area contributed by atoms with Crippen molar-refractivity contribution in [3.8, 4) is 11.4 Å². The number of hydrogen-bond acceptors (Lipinski definition) is 2. The number of rotatable bonds is 4. The number of nitrogens with one attached hydrogen (secondary N) is 1. The topological polar surface area (TPSA) is 31.9 Å². The lowest BCUT2D eigenvalue weighted by Gasteiger charge is -2.42. The molecule has 2 unspecified atom stereocenters. The number of aryl methyl sites for hydroxylation is 1. The molecule has 2 heterocycles. The van der Waals surface area contributed by atoms with Crippen molar-refractivity contribution < 1.29 is 0 Å². The molecule has 0 saturated heterocycles. The van der Waals surface area contributed by atoms with Crippen LogP contribution in [0.15, 0.2) is 42.5 Å². The highest BCUT2D eigenvalue weighted by atomic mass is 35.5. The quantitative estimate of drug-likeness (QED) is 0.493. The lowest BCUT2D eigenvalue weighted by Crippen LogP contribution is -2.45. The van der Waals surface area contributed by atoms with Gasteiger partial charge >= 0.3 is 0 Å². The summed E-state index contributed by atoms with van der Waals surface area (Å²) in [5.41, 5.74) is 6.23. The molecule has 2 aliphatic rings. The van der Waals surface area contributed by atoms with E-state index in [1.807, 2.05) is 30.3 Å². The molecular formula is C25H27Cl2N3. The molecule has 5 rings (SSSR count). The standard InChI is InChI=1S/C25H27Cl2N3/c1-2-6-23-24-22(28-25(29-24)18-8-3-4-9-20(18)26)13-14-30(23)17-12-11-16-7-5-10-21(27)19(16)15-17/h3-5,7-10,17,23H,2,6,11-15H2,1H3,(H,28,29). The molecule has 0 radical (unpaired) electrons. The Hall–Kier alpha value is -1.81. The van der Waals surface area contributed by atoms with Crippen LogP contribution >= 0.6 is 23.2 Å². The number of imidazole rings is 1. The van der Waals surface area contributed by atoms with Gasteiger partial charge in [-0.3, -0.25) is 4.90 Å². The van der Waals surface area contributed by atoms with E-state index in [0.717, 1.165) is 60.1 Å². The van der Waals surface area contributed by atoms with Crippen molar-refractivity contribution in [2.24, 2.45) is 0 Å². The Morgan fingerprint density at radius 1 is 1.07 bits per heavy atom. The SMILES string of the molecule is CCCC1c2[nH]c(-c3ccccc3Cl)nc2CCN1C1CCc2cccc(Cl)c2C1. The summed E-state index contributed by atoms with van der Waals surface area (Å²) < 4.78 is 0. The molecule has 0 saturated carbocycles. The Morgan fingerprint density at radius 3 is 2.73 bits per heavy atom. The number of aromatic nitrogens is 2. The predicted octanol–water partition coefficient (Wildman–Crippen LogP) is 6.64. The van der Waals surface area contributed by atoms with Gasteiger partial charge in [0.2, 0.25) is 0 Å². The maximum atomic E-state index is 6.56. The summed E-state index contributed by atoms with van der Waals surface area (Å²) in [4.78, 5) is 11.3. The smallest absolute Gasteiger partial charge is 0.139 e. The van der Waals surface area contributed by atoms with E-state index in [1.54, 1.807) is 0 Å². The summed E-state index contributed by atoms with van der Waals surface area (Å²) in [7, 11) is 0. The lowest BCUT2D eigenvalue weighted by molar-refractivity contribution is 0.102. The zero-order valence-corrected chi connectivity index (χ0v) is 18.8. The van der Waals surface area contributed by atoms with E-state index in [2.05, 4.69) is 28.9 Å². The van der Waals surface area contributed by atoms with Crippen LogP contribution in [0.1, 0.15) is 54.7 Å². The van der Waals surface area contributed by atoms with Gasteiger partial charge in [0.1, 0.15) is 5.82 Å². The van der Waals surface area contributed by atoms with Crippen LogP contribution in [-0.2, 0) is 19.3 Å². The Kier molecular flexibility index (Phi) is 5.61. The fraction of sp³-hybridized carbons (Fsp3) is 0.400. The molecular weight excluding hydrogens is 413 g/mol. The van der Waals surface area contributed by atoms with Crippen molar-refractivity contribution >= 4 is 23.2 Å². The average Bonchev–Trinajstić information content (AvgIpc) is 3.19. The Balaban J connectivity index is 1.47. The molecule has 0 spiro atoms. The monoisotopic (exact) mass is 439 g/mol. The molecule has 1 N–H and O–H groups in total. The largest absolute Gasteiger partial charge is 0.340 e. The van der Waals surface area contributed by atoms with E-state index < -0.39 is 0 Å². The Morgan fingerprint density at radius 2 is 1.90 bits per heavy atom. The molecule has 0 bridgehead atoms. The zero-order valence-electron chi connectivity index (χ0n) is 17.3. The highest BCUT2D eigenvalue weighted by Gasteiger charge is 2.36. The first-order valence-electron chi connectivity index (χ1n) is 11.0. The van der Waals surface area contributed by atoms with Gasteiger partial charge in [0.15, 0.2) is 0 Å². The van der Waals surface area contributed by atoms with Crippen LogP contribution in [0.25, 0.3) is 11.4 Å². The summed E-state index contributed by atoms with van der Waals surface area (Å²) in [6.45, 7) is 3.32. The summed E-state index contributed by atoms with van der Waals surface area (Å²) in [5, 5.41) is 1.66. The van der Waals surface area contributed by atoms with Crippen LogP contribution < -0.4 is 0 Å². The van der Waals surface area contributed by atoms with Gasteiger partial charge in [-0.1, -0.05) is 60.8 Å². The third-order valence-electron chi connectivity index (χ3n) is 6.71. The minimum atomic E-state index is 0.372. The summed E-state index contributed by atoms with van der Waals surface area (Å²) in [6, 6.07) is 15.2. The van der Waals surface area contributed by atoms with Crippen molar-refractivity contribution in [3.63, 3.8) is 0 Å². The van der Waals surface area contributed by atoms with E-state index in [0.29, 0.717) is 12.1 Å². The fourth-order valence-electron chi connectivity index (χ4n) is 5.26. The summed E-state index contributed by atoms with van der Waals surface area (Å²) in [5.74, 6) is 0.894. The van der Waals surface area contributed by atoms with Crippen LogP contribution in [0, 0.1) is 0 Å². The molecule has 5 heteroatoms. The van der Waals surface area contributed by atoms with E-state index in [4.69, 9.17) is 28.2 Å². The fourth-order valence-corrected chi connectivity index (χ4v) is 5.75. The van der Waals surface area contributed by atoms with Gasteiger partial charge in [-0.2, -0.15) is 0 Å². The minimum absolute atomic E-state index is 0.372. The predicted molar refractivity (Wildman–Crippen MR) is 124 cm³/mol. The molecule has 2 aromatic carbocycles. The third kappa shape index (κ3) is 3.57. The van der Waals surface area contributed by atoms with Gasteiger partial charge in [0.25, 0.3) is 0 Å². The summed E-state index contributed by atoms with van der Waals surface area (Å²) >= 11 is 13.0. The van der Waals surface area contributed by atoms with Gasteiger partial charge in [-0.15, -0.1) is 0 Å². The molecule has 3 nitrogen and oxygen atoms in total. The Bertz CT molecular complexity index is 1060. The van der Waals surface area contributed by atoms with Gasteiger partial charge in [-0.25, -0.2) is 4.98 Å².